The van der Waals surface area contributed by atoms with Gasteiger partial charge >= 0.3 is 24.3 Å². The third-order valence-electron chi connectivity index (χ3n) is 6.21. The van der Waals surface area contributed by atoms with E-state index in [0.29, 0.717) is 5.88 Å². The highest BCUT2D eigenvalue weighted by Crippen LogP contribution is 2.26. The number of piperazine rings is 1. The van der Waals surface area contributed by atoms with Gasteiger partial charge in [-0.1, -0.05) is 60.7 Å². The Bertz CT molecular complexity index is 1340. The molecule has 1 aromatic heterocycles. The van der Waals surface area contributed by atoms with Gasteiger partial charge in [0.2, 0.25) is 11.8 Å². The Hall–Kier alpha value is -4.70. The van der Waals surface area contributed by atoms with Gasteiger partial charge in [-0.05, 0) is 17.2 Å². The van der Waals surface area contributed by atoms with Gasteiger partial charge in [0.15, 0.2) is 0 Å². The lowest BCUT2D eigenvalue weighted by Gasteiger charge is -2.35. The quantitative estimate of drug-likeness (QED) is 0.328. The fourth-order valence-electron chi connectivity index (χ4n) is 3.92. The fourth-order valence-corrected chi connectivity index (χ4v) is 3.92. The van der Waals surface area contributed by atoms with Gasteiger partial charge in [-0.3, -0.25) is 9.69 Å². The van der Waals surface area contributed by atoms with Gasteiger partial charge in [0.05, 0.1) is 7.11 Å². The average molecular weight is 660 g/mol. The number of carboxylic acids is 2. The average Bonchev–Trinajstić information content (AvgIpc) is 3.02. The minimum absolute atomic E-state index is 0.0202. The summed E-state index contributed by atoms with van der Waals surface area (Å²) >= 11 is 0. The molecule has 0 radical (unpaired) electrons. The third-order valence-corrected chi connectivity index (χ3v) is 6.21. The zero-order valence-corrected chi connectivity index (χ0v) is 24.4. The van der Waals surface area contributed by atoms with Gasteiger partial charge in [0.1, 0.15) is 12.7 Å². The molecule has 16 heteroatoms. The summed E-state index contributed by atoms with van der Waals surface area (Å²) in [5, 5.41) is 14.2. The molecule has 1 aliphatic heterocycles. The second kappa shape index (κ2) is 17.7. The van der Waals surface area contributed by atoms with Crippen molar-refractivity contribution in [3.63, 3.8) is 0 Å². The number of benzene rings is 2. The number of rotatable bonds is 8. The van der Waals surface area contributed by atoms with Crippen LogP contribution in [-0.2, 0) is 25.7 Å². The van der Waals surface area contributed by atoms with Crippen LogP contribution in [0.2, 0.25) is 0 Å². The van der Waals surface area contributed by atoms with Crippen molar-refractivity contribution >= 4 is 17.8 Å². The number of carbonyl (C=O) groups excluding carboxylic acids is 1. The number of carboxylic acid groups (broad SMARTS) is 2. The summed E-state index contributed by atoms with van der Waals surface area (Å²) in [5.74, 6) is -4.95. The molecule has 2 N–H and O–H groups in total. The number of hydrogen-bond acceptors (Lipinski definition) is 7. The first kappa shape index (κ1) is 37.5. The number of nitrogens with zero attached hydrogens (tertiary/aromatic N) is 3. The Morgan fingerprint density at radius 1 is 0.783 bits per heavy atom. The maximum atomic E-state index is 12.9. The van der Waals surface area contributed by atoms with Crippen LogP contribution in [0, 0.1) is 0 Å². The minimum atomic E-state index is -5.08. The van der Waals surface area contributed by atoms with E-state index in [0.717, 1.165) is 43.9 Å². The number of carbonyl (C=O) groups is 3. The van der Waals surface area contributed by atoms with Gasteiger partial charge in [-0.25, -0.2) is 14.6 Å². The van der Waals surface area contributed by atoms with E-state index < -0.39 is 24.3 Å². The lowest BCUT2D eigenvalue weighted by atomic mass is 10.0. The molecule has 2 heterocycles. The number of hydrogen-bond donors (Lipinski definition) is 2. The highest BCUT2D eigenvalue weighted by Gasteiger charge is 2.38. The lowest BCUT2D eigenvalue weighted by Crippen LogP contribution is -2.49. The summed E-state index contributed by atoms with van der Waals surface area (Å²) in [7, 11) is 1.59. The van der Waals surface area contributed by atoms with Crippen LogP contribution in [0.5, 0.6) is 5.88 Å². The topological polar surface area (TPSA) is 130 Å². The standard InChI is InChI=1S/C26H29N3O3.2C2HF3O2/c1-31-24-13-12-23(18-27-24)26(22-10-6-3-7-11-22)32-20-25(30)29-16-14-28(15-17-29)19-21-8-4-2-5-9-21;2*3-2(4,5)1(6)7/h2-13,18,26H,14-17,19-20H2,1H3;2*(H,6,7). The third kappa shape index (κ3) is 13.1. The molecule has 1 amide bonds. The molecule has 46 heavy (non-hydrogen) atoms. The molecule has 0 saturated carbocycles. The van der Waals surface area contributed by atoms with Crippen LogP contribution in [0.1, 0.15) is 22.8 Å². The van der Waals surface area contributed by atoms with E-state index in [4.69, 9.17) is 29.3 Å². The molecule has 0 spiro atoms. The number of aliphatic carboxylic acids is 2. The zero-order chi connectivity index (χ0) is 34.3. The molecule has 10 nitrogen and oxygen atoms in total. The molecular weight excluding hydrogens is 628 g/mol. The molecule has 3 aromatic rings. The van der Waals surface area contributed by atoms with Crippen LogP contribution in [0.4, 0.5) is 26.3 Å². The number of aromatic nitrogens is 1. The van der Waals surface area contributed by atoms with Crippen molar-refractivity contribution in [2.24, 2.45) is 0 Å². The predicted molar refractivity (Wildman–Crippen MR) is 151 cm³/mol. The number of amides is 1. The molecule has 1 fully saturated rings. The lowest BCUT2D eigenvalue weighted by molar-refractivity contribution is -0.193. The molecule has 1 saturated heterocycles. The summed E-state index contributed by atoms with van der Waals surface area (Å²) in [4.78, 5) is 39.3. The first-order chi connectivity index (χ1) is 21.6. The van der Waals surface area contributed by atoms with Gasteiger partial charge in [0.25, 0.3) is 0 Å². The van der Waals surface area contributed by atoms with Crippen molar-refractivity contribution in [1.29, 1.82) is 0 Å². The van der Waals surface area contributed by atoms with Gasteiger partial charge in [0, 0.05) is 50.6 Å². The van der Waals surface area contributed by atoms with Crippen LogP contribution in [0.25, 0.3) is 0 Å². The monoisotopic (exact) mass is 659 g/mol. The molecule has 1 unspecified atom stereocenters. The molecule has 0 bridgehead atoms. The Morgan fingerprint density at radius 3 is 1.72 bits per heavy atom. The summed E-state index contributed by atoms with van der Waals surface area (Å²) in [6, 6.07) is 24.1. The van der Waals surface area contributed by atoms with E-state index in [9.17, 15) is 31.1 Å². The van der Waals surface area contributed by atoms with Crippen molar-refractivity contribution in [3.8, 4) is 5.88 Å². The summed E-state index contributed by atoms with van der Waals surface area (Å²) < 4.78 is 74.8. The van der Waals surface area contributed by atoms with Crippen molar-refractivity contribution in [2.75, 3.05) is 39.9 Å². The van der Waals surface area contributed by atoms with E-state index in [1.165, 1.54) is 5.56 Å². The second-order valence-corrected chi connectivity index (χ2v) is 9.48. The summed E-state index contributed by atoms with van der Waals surface area (Å²) in [5.41, 5.74) is 3.17. The minimum Gasteiger partial charge on any atom is -0.481 e. The summed E-state index contributed by atoms with van der Waals surface area (Å²) in [6.07, 6.45) is -8.79. The predicted octanol–water partition coefficient (Wildman–Crippen LogP) is 4.81. The Kier molecular flexibility index (Phi) is 14.4. The first-order valence-corrected chi connectivity index (χ1v) is 13.4. The highest BCUT2D eigenvalue weighted by molar-refractivity contribution is 5.77. The SMILES string of the molecule is COc1ccc(C(OCC(=O)N2CCN(Cc3ccccc3)CC2)c2ccccc2)cn1.O=C(O)C(F)(F)F.O=C(O)C(F)(F)F. The van der Waals surface area contributed by atoms with Gasteiger partial charge in [-0.15, -0.1) is 0 Å². The summed E-state index contributed by atoms with van der Waals surface area (Å²) in [6.45, 7) is 4.12. The van der Waals surface area contributed by atoms with Crippen molar-refractivity contribution in [1.82, 2.24) is 14.8 Å². The Labute approximate surface area is 259 Å². The molecule has 250 valence electrons. The van der Waals surface area contributed by atoms with Crippen molar-refractivity contribution in [3.05, 3.63) is 95.7 Å². The maximum Gasteiger partial charge on any atom is 0.490 e. The number of pyridine rings is 1. The van der Waals surface area contributed by atoms with Crippen LogP contribution in [0.3, 0.4) is 0 Å². The van der Waals surface area contributed by atoms with Crippen LogP contribution < -0.4 is 4.74 Å². The van der Waals surface area contributed by atoms with E-state index >= 15 is 0 Å². The second-order valence-electron chi connectivity index (χ2n) is 9.48. The maximum absolute atomic E-state index is 12.9. The zero-order valence-electron chi connectivity index (χ0n) is 24.4. The van der Waals surface area contributed by atoms with Crippen molar-refractivity contribution in [2.45, 2.75) is 25.0 Å². The highest BCUT2D eigenvalue weighted by atomic mass is 19.4. The molecule has 0 aliphatic carbocycles. The van der Waals surface area contributed by atoms with E-state index in [1.54, 1.807) is 13.3 Å². The number of halogens is 6. The molecule has 4 rings (SSSR count). The van der Waals surface area contributed by atoms with Crippen LogP contribution in [0.15, 0.2) is 79.0 Å². The number of methoxy groups -OCH3 is 1. The molecule has 1 aliphatic rings. The largest absolute Gasteiger partial charge is 0.490 e. The van der Waals surface area contributed by atoms with E-state index in [1.807, 2.05) is 53.4 Å². The molecule has 2 aromatic carbocycles. The molecule has 1 atom stereocenters. The first-order valence-electron chi connectivity index (χ1n) is 13.4. The van der Waals surface area contributed by atoms with Gasteiger partial charge < -0.3 is 24.6 Å². The van der Waals surface area contributed by atoms with Crippen LogP contribution >= 0.6 is 0 Å². The van der Waals surface area contributed by atoms with E-state index in [2.05, 4.69) is 34.1 Å². The van der Waals surface area contributed by atoms with Gasteiger partial charge in [-0.2, -0.15) is 26.3 Å². The van der Waals surface area contributed by atoms with E-state index in [-0.39, 0.29) is 18.6 Å². The Balaban J connectivity index is 0.000000440. The normalized spacial score (nSPS) is 14.1. The smallest absolute Gasteiger partial charge is 0.481 e. The van der Waals surface area contributed by atoms with Crippen LogP contribution in [-0.4, -0.2) is 95.1 Å². The fraction of sp³-hybridized carbons (Fsp3) is 0.333. The Morgan fingerprint density at radius 2 is 1.28 bits per heavy atom. The number of ether oxygens (including phenoxy) is 2. The number of alkyl halides is 6. The van der Waals surface area contributed by atoms with Crippen molar-refractivity contribution < 1.29 is 60.4 Å². The molecular formula is C30H31F6N3O7.